The Bertz CT molecular complexity index is 532. The Morgan fingerprint density at radius 3 is 2.48 bits per heavy atom. The van der Waals surface area contributed by atoms with Crippen LogP contribution in [-0.4, -0.2) is 22.9 Å². The highest BCUT2D eigenvalue weighted by Gasteiger charge is 2.30. The van der Waals surface area contributed by atoms with E-state index in [2.05, 4.69) is 67.7 Å². The van der Waals surface area contributed by atoms with E-state index in [4.69, 9.17) is 0 Å². The lowest BCUT2D eigenvalue weighted by Crippen LogP contribution is -2.39. The predicted octanol–water partition coefficient (Wildman–Crippen LogP) is 3.40. The molecule has 1 heterocycles. The van der Waals surface area contributed by atoms with Gasteiger partial charge in [0.2, 0.25) is 0 Å². The van der Waals surface area contributed by atoms with Crippen LogP contribution >= 0.6 is 0 Å². The molecule has 1 N–H and O–H groups in total. The summed E-state index contributed by atoms with van der Waals surface area (Å²) in [5.41, 5.74) is 2.87. The fraction of sp³-hybridized carbons (Fsp3) is 0.500. The topological polar surface area (TPSA) is 29.9 Å². The summed E-state index contributed by atoms with van der Waals surface area (Å²) >= 11 is 0. The van der Waals surface area contributed by atoms with Crippen molar-refractivity contribution in [1.82, 2.24) is 15.1 Å². The van der Waals surface area contributed by atoms with Gasteiger partial charge in [0, 0.05) is 24.7 Å². The molecule has 21 heavy (non-hydrogen) atoms. The Kier molecular flexibility index (Phi) is 5.57. The maximum atomic E-state index is 4.42. The molecule has 0 spiro atoms. The summed E-state index contributed by atoms with van der Waals surface area (Å²) in [6.45, 7) is 9.51. The lowest BCUT2D eigenvalue weighted by atomic mass is 9.74. The quantitative estimate of drug-likeness (QED) is 0.805. The molecule has 0 saturated heterocycles. The molecule has 0 saturated carbocycles. The van der Waals surface area contributed by atoms with Gasteiger partial charge in [0.1, 0.15) is 0 Å². The van der Waals surface area contributed by atoms with Gasteiger partial charge in [-0.2, -0.15) is 5.10 Å². The van der Waals surface area contributed by atoms with Crippen LogP contribution in [0.2, 0.25) is 0 Å². The van der Waals surface area contributed by atoms with Crippen molar-refractivity contribution in [2.24, 2.45) is 0 Å². The molecule has 1 aromatic carbocycles. The van der Waals surface area contributed by atoms with Crippen molar-refractivity contribution in [3.63, 3.8) is 0 Å². The second-order valence-electron chi connectivity index (χ2n) is 5.66. The molecule has 1 unspecified atom stereocenters. The molecule has 2 aromatic rings. The third kappa shape index (κ3) is 3.73. The largest absolute Gasteiger partial charge is 0.316 e. The van der Waals surface area contributed by atoms with Crippen molar-refractivity contribution in [3.8, 4) is 0 Å². The van der Waals surface area contributed by atoms with Crippen molar-refractivity contribution in [3.05, 3.63) is 53.9 Å². The minimum atomic E-state index is 0.138. The van der Waals surface area contributed by atoms with E-state index in [-0.39, 0.29) is 5.41 Å². The van der Waals surface area contributed by atoms with Gasteiger partial charge in [0.15, 0.2) is 0 Å². The molecule has 3 nitrogen and oxygen atoms in total. The predicted molar refractivity (Wildman–Crippen MR) is 88.6 cm³/mol. The second-order valence-corrected chi connectivity index (χ2v) is 5.66. The lowest BCUT2D eigenvalue weighted by molar-refractivity contribution is 0.382. The van der Waals surface area contributed by atoms with E-state index in [1.54, 1.807) is 0 Å². The van der Waals surface area contributed by atoms with Gasteiger partial charge < -0.3 is 5.32 Å². The van der Waals surface area contributed by atoms with Crippen molar-refractivity contribution in [1.29, 1.82) is 0 Å². The number of nitrogens with zero attached hydrogens (tertiary/aromatic N) is 2. The summed E-state index contributed by atoms with van der Waals surface area (Å²) in [5.74, 6) is 0. The molecule has 0 radical (unpaired) electrons. The smallest absolute Gasteiger partial charge is 0.0522 e. The van der Waals surface area contributed by atoms with Gasteiger partial charge >= 0.3 is 0 Å². The van der Waals surface area contributed by atoms with Crippen LogP contribution in [0.25, 0.3) is 0 Å². The first-order chi connectivity index (χ1) is 10.2. The van der Waals surface area contributed by atoms with Crippen LogP contribution < -0.4 is 5.32 Å². The SMILES string of the molecule is CCNCC(CC)(Cc1cnn(CC)c1)c1ccccc1. The van der Waals surface area contributed by atoms with E-state index in [9.17, 15) is 0 Å². The van der Waals surface area contributed by atoms with Crippen molar-refractivity contribution in [2.45, 2.75) is 45.6 Å². The first kappa shape index (κ1) is 15.8. The average Bonchev–Trinajstić information content (AvgIpc) is 3.00. The van der Waals surface area contributed by atoms with Crippen LogP contribution in [0.5, 0.6) is 0 Å². The molecular formula is C18H27N3. The second kappa shape index (κ2) is 7.41. The third-order valence-corrected chi connectivity index (χ3v) is 4.33. The van der Waals surface area contributed by atoms with Gasteiger partial charge in [-0.1, -0.05) is 44.2 Å². The Hall–Kier alpha value is -1.61. The zero-order valence-electron chi connectivity index (χ0n) is 13.5. The summed E-state index contributed by atoms with van der Waals surface area (Å²) in [7, 11) is 0. The highest BCUT2D eigenvalue weighted by atomic mass is 15.3. The third-order valence-electron chi connectivity index (χ3n) is 4.33. The Morgan fingerprint density at radius 1 is 1.14 bits per heavy atom. The lowest BCUT2D eigenvalue weighted by Gasteiger charge is -2.33. The number of hydrogen-bond acceptors (Lipinski definition) is 2. The summed E-state index contributed by atoms with van der Waals surface area (Å²) in [6.07, 6.45) is 6.34. The number of nitrogens with one attached hydrogen (secondary N) is 1. The van der Waals surface area contributed by atoms with Crippen molar-refractivity contribution in [2.75, 3.05) is 13.1 Å². The molecule has 0 aliphatic rings. The molecule has 1 atom stereocenters. The Morgan fingerprint density at radius 2 is 1.90 bits per heavy atom. The fourth-order valence-corrected chi connectivity index (χ4v) is 2.94. The minimum absolute atomic E-state index is 0.138. The highest BCUT2D eigenvalue weighted by Crippen LogP contribution is 2.31. The van der Waals surface area contributed by atoms with E-state index in [0.717, 1.165) is 32.5 Å². The Labute approximate surface area is 128 Å². The summed E-state index contributed by atoms with van der Waals surface area (Å²) in [5, 5.41) is 7.98. The number of aryl methyl sites for hydroxylation is 1. The number of aromatic nitrogens is 2. The van der Waals surface area contributed by atoms with Crippen LogP contribution in [0.15, 0.2) is 42.7 Å². The summed E-state index contributed by atoms with van der Waals surface area (Å²) in [6, 6.07) is 10.9. The molecule has 0 fully saturated rings. The molecule has 0 amide bonds. The van der Waals surface area contributed by atoms with Crippen LogP contribution in [-0.2, 0) is 18.4 Å². The number of likely N-dealkylation sites (N-methyl/N-ethyl adjacent to an activating group) is 1. The standard InChI is InChI=1S/C18H27N3/c1-4-18(15-19-5-2,17-10-8-7-9-11-17)12-16-13-20-21(6-3)14-16/h7-11,13-14,19H,4-6,12,15H2,1-3H3. The average molecular weight is 285 g/mol. The molecule has 0 bridgehead atoms. The van der Waals surface area contributed by atoms with Crippen LogP contribution in [0, 0.1) is 0 Å². The van der Waals surface area contributed by atoms with Crippen molar-refractivity contribution < 1.29 is 0 Å². The first-order valence-corrected chi connectivity index (χ1v) is 8.01. The Balaban J connectivity index is 2.30. The van der Waals surface area contributed by atoms with Gasteiger partial charge in [0.05, 0.1) is 6.20 Å². The molecule has 1 aromatic heterocycles. The molecule has 0 aliphatic carbocycles. The maximum absolute atomic E-state index is 4.42. The molecular weight excluding hydrogens is 258 g/mol. The number of rotatable bonds is 8. The van der Waals surface area contributed by atoms with Crippen molar-refractivity contribution >= 4 is 0 Å². The zero-order chi connectivity index (χ0) is 15.1. The highest BCUT2D eigenvalue weighted by molar-refractivity contribution is 5.29. The van der Waals surface area contributed by atoms with E-state index >= 15 is 0 Å². The van der Waals surface area contributed by atoms with Gasteiger partial charge in [-0.15, -0.1) is 0 Å². The van der Waals surface area contributed by atoms with Gasteiger partial charge in [0.25, 0.3) is 0 Å². The molecule has 3 heteroatoms. The maximum Gasteiger partial charge on any atom is 0.0522 e. The number of benzene rings is 1. The first-order valence-electron chi connectivity index (χ1n) is 8.01. The van der Waals surface area contributed by atoms with Gasteiger partial charge in [-0.05, 0) is 37.4 Å². The van der Waals surface area contributed by atoms with Gasteiger partial charge in [-0.25, -0.2) is 0 Å². The van der Waals surface area contributed by atoms with Gasteiger partial charge in [-0.3, -0.25) is 4.68 Å². The fourth-order valence-electron chi connectivity index (χ4n) is 2.94. The van der Waals surface area contributed by atoms with Crippen LogP contribution in [0.1, 0.15) is 38.3 Å². The summed E-state index contributed by atoms with van der Waals surface area (Å²) < 4.78 is 2.01. The molecule has 114 valence electrons. The van der Waals surface area contributed by atoms with E-state index < -0.39 is 0 Å². The molecule has 2 rings (SSSR count). The summed E-state index contributed by atoms with van der Waals surface area (Å²) in [4.78, 5) is 0. The molecule has 0 aliphatic heterocycles. The number of hydrogen-bond donors (Lipinski definition) is 1. The monoisotopic (exact) mass is 285 g/mol. The van der Waals surface area contributed by atoms with E-state index in [1.165, 1.54) is 11.1 Å². The van der Waals surface area contributed by atoms with Crippen LogP contribution in [0.4, 0.5) is 0 Å². The zero-order valence-corrected chi connectivity index (χ0v) is 13.5. The van der Waals surface area contributed by atoms with Crippen LogP contribution in [0.3, 0.4) is 0 Å². The van der Waals surface area contributed by atoms with E-state index in [0.29, 0.717) is 0 Å². The minimum Gasteiger partial charge on any atom is -0.316 e. The normalized spacial score (nSPS) is 14.0. The van der Waals surface area contributed by atoms with E-state index in [1.807, 2.05) is 10.9 Å².